The van der Waals surface area contributed by atoms with Gasteiger partial charge in [0.15, 0.2) is 0 Å². The topological polar surface area (TPSA) is 39.1 Å². The van der Waals surface area contributed by atoms with E-state index in [0.29, 0.717) is 0 Å². The summed E-state index contributed by atoms with van der Waals surface area (Å²) in [6.45, 7) is 6.90. The Kier molecular flexibility index (Phi) is 9.96. The van der Waals surface area contributed by atoms with E-state index in [4.69, 9.17) is 4.74 Å². The second-order valence-electron chi connectivity index (χ2n) is 5.79. The molecule has 0 unspecified atom stereocenters. The molecule has 1 rings (SSSR count). The van der Waals surface area contributed by atoms with Crippen LogP contribution in [0.3, 0.4) is 0 Å². The van der Waals surface area contributed by atoms with E-state index in [1.54, 1.807) is 7.11 Å². The zero-order chi connectivity index (χ0) is 15.3. The van der Waals surface area contributed by atoms with Crippen LogP contribution >= 0.6 is 0 Å². The van der Waals surface area contributed by atoms with Crippen LogP contribution in [0.2, 0.25) is 0 Å². The second kappa shape index (κ2) is 11.6. The normalized spacial score (nSPS) is 11.0. The van der Waals surface area contributed by atoms with Gasteiger partial charge in [-0.05, 0) is 13.3 Å². The van der Waals surface area contributed by atoms with E-state index < -0.39 is 0 Å². The molecule has 0 spiro atoms. The Bertz CT molecular complexity index is 363. The van der Waals surface area contributed by atoms with E-state index in [1.807, 2.05) is 6.92 Å². The molecule has 0 saturated heterocycles. The van der Waals surface area contributed by atoms with Crippen molar-refractivity contribution in [3.63, 3.8) is 0 Å². The summed E-state index contributed by atoms with van der Waals surface area (Å²) in [5, 5.41) is 3.45. The molecule has 0 bridgehead atoms. The molecule has 0 fully saturated rings. The largest absolute Gasteiger partial charge is 0.383 e. The molecule has 0 aliphatic heterocycles. The number of aromatic nitrogens is 2. The number of hydrogen-bond donors (Lipinski definition) is 1. The Morgan fingerprint density at radius 2 is 1.76 bits per heavy atom. The number of rotatable bonds is 13. The second-order valence-corrected chi connectivity index (χ2v) is 5.79. The van der Waals surface area contributed by atoms with Crippen LogP contribution in [0.5, 0.6) is 0 Å². The molecule has 4 heteroatoms. The molecule has 1 aromatic heterocycles. The minimum atomic E-state index is 0.724. The van der Waals surface area contributed by atoms with Crippen molar-refractivity contribution in [2.75, 3.05) is 25.6 Å². The van der Waals surface area contributed by atoms with Gasteiger partial charge in [-0.15, -0.1) is 0 Å². The summed E-state index contributed by atoms with van der Waals surface area (Å²) in [4.78, 5) is 4.53. The fourth-order valence-electron chi connectivity index (χ4n) is 2.51. The average Bonchev–Trinajstić information content (AvgIpc) is 2.83. The summed E-state index contributed by atoms with van der Waals surface area (Å²) < 4.78 is 7.27. The van der Waals surface area contributed by atoms with Crippen molar-refractivity contribution in [1.82, 2.24) is 9.55 Å². The van der Waals surface area contributed by atoms with Crippen LogP contribution in [0.1, 0.15) is 64.0 Å². The van der Waals surface area contributed by atoms with Gasteiger partial charge in [0.05, 0.1) is 12.3 Å². The number of hydrogen-bond acceptors (Lipinski definition) is 3. The Morgan fingerprint density at radius 1 is 1.10 bits per heavy atom. The summed E-state index contributed by atoms with van der Waals surface area (Å²) in [5.74, 6) is 0.979. The fraction of sp³-hybridized carbons (Fsp3) is 0.824. The van der Waals surface area contributed by atoms with Gasteiger partial charge < -0.3 is 14.6 Å². The van der Waals surface area contributed by atoms with E-state index in [2.05, 4.69) is 28.0 Å². The SMILES string of the molecule is CCCCCCCCCCNc1nc(C)cn1CCOC. The first-order chi connectivity index (χ1) is 10.3. The predicted molar refractivity (Wildman–Crippen MR) is 89.9 cm³/mol. The number of anilines is 1. The van der Waals surface area contributed by atoms with Crippen molar-refractivity contribution in [2.45, 2.75) is 71.8 Å². The smallest absolute Gasteiger partial charge is 0.203 e. The van der Waals surface area contributed by atoms with Gasteiger partial charge in [-0.1, -0.05) is 51.9 Å². The maximum Gasteiger partial charge on any atom is 0.203 e. The van der Waals surface area contributed by atoms with Crippen LogP contribution in [-0.2, 0) is 11.3 Å². The van der Waals surface area contributed by atoms with Crippen molar-refractivity contribution >= 4 is 5.95 Å². The molecule has 1 aromatic rings. The number of ether oxygens (including phenoxy) is 1. The minimum Gasteiger partial charge on any atom is -0.383 e. The third-order valence-corrected chi connectivity index (χ3v) is 3.75. The van der Waals surface area contributed by atoms with Gasteiger partial charge in [-0.3, -0.25) is 0 Å². The summed E-state index contributed by atoms with van der Waals surface area (Å²) in [6, 6.07) is 0. The van der Waals surface area contributed by atoms with E-state index in [9.17, 15) is 0 Å². The van der Waals surface area contributed by atoms with Crippen LogP contribution in [0.15, 0.2) is 6.20 Å². The molecule has 0 aromatic carbocycles. The predicted octanol–water partition coefficient (Wildman–Crippen LogP) is 4.39. The quantitative estimate of drug-likeness (QED) is 0.549. The number of aryl methyl sites for hydroxylation is 1. The third kappa shape index (κ3) is 8.10. The molecule has 0 radical (unpaired) electrons. The lowest BCUT2D eigenvalue weighted by atomic mass is 10.1. The average molecular weight is 295 g/mol. The maximum absolute atomic E-state index is 5.13. The first kappa shape index (κ1) is 18.0. The molecule has 0 atom stereocenters. The van der Waals surface area contributed by atoms with Crippen LogP contribution in [-0.4, -0.2) is 29.8 Å². The highest BCUT2D eigenvalue weighted by Crippen LogP contribution is 2.10. The molecule has 0 saturated carbocycles. The first-order valence-electron chi connectivity index (χ1n) is 8.54. The lowest BCUT2D eigenvalue weighted by molar-refractivity contribution is 0.187. The van der Waals surface area contributed by atoms with Crippen molar-refractivity contribution < 1.29 is 4.74 Å². The van der Waals surface area contributed by atoms with Crippen LogP contribution in [0.4, 0.5) is 5.95 Å². The third-order valence-electron chi connectivity index (χ3n) is 3.75. The Balaban J connectivity index is 2.09. The molecule has 0 aliphatic carbocycles. The number of methoxy groups -OCH3 is 1. The monoisotopic (exact) mass is 295 g/mol. The molecule has 1 N–H and O–H groups in total. The van der Waals surface area contributed by atoms with Gasteiger partial charge in [-0.2, -0.15) is 0 Å². The highest BCUT2D eigenvalue weighted by Gasteiger charge is 2.04. The standard InChI is InChI=1S/C17H33N3O/c1-4-5-6-7-8-9-10-11-12-18-17-19-16(2)15-20(17)13-14-21-3/h15H,4-14H2,1-3H3,(H,18,19). The van der Waals surface area contributed by atoms with E-state index in [-0.39, 0.29) is 0 Å². The van der Waals surface area contributed by atoms with Crippen molar-refractivity contribution in [2.24, 2.45) is 0 Å². The Morgan fingerprint density at radius 3 is 2.43 bits per heavy atom. The van der Waals surface area contributed by atoms with E-state index in [0.717, 1.165) is 31.3 Å². The summed E-state index contributed by atoms with van der Waals surface area (Å²) in [7, 11) is 1.73. The number of nitrogens with one attached hydrogen (secondary N) is 1. The zero-order valence-corrected chi connectivity index (χ0v) is 14.2. The lowest BCUT2D eigenvalue weighted by Gasteiger charge is -2.09. The van der Waals surface area contributed by atoms with Crippen molar-refractivity contribution in [3.05, 3.63) is 11.9 Å². The Hall–Kier alpha value is -1.03. The summed E-state index contributed by atoms with van der Waals surface area (Å²) >= 11 is 0. The van der Waals surface area contributed by atoms with Gasteiger partial charge >= 0.3 is 0 Å². The highest BCUT2D eigenvalue weighted by molar-refractivity contribution is 5.28. The molecular formula is C17H33N3O. The van der Waals surface area contributed by atoms with Gasteiger partial charge in [0.25, 0.3) is 0 Å². The number of imidazole rings is 1. The lowest BCUT2D eigenvalue weighted by Crippen LogP contribution is -2.11. The number of unbranched alkanes of at least 4 members (excludes halogenated alkanes) is 7. The Labute approximate surface area is 130 Å². The van der Waals surface area contributed by atoms with Gasteiger partial charge in [0.1, 0.15) is 0 Å². The first-order valence-corrected chi connectivity index (χ1v) is 8.54. The molecule has 122 valence electrons. The molecule has 1 heterocycles. The summed E-state index contributed by atoms with van der Waals surface area (Å²) in [5.41, 5.74) is 1.06. The molecular weight excluding hydrogens is 262 g/mol. The number of nitrogens with zero attached hydrogens (tertiary/aromatic N) is 2. The van der Waals surface area contributed by atoms with Crippen LogP contribution in [0, 0.1) is 6.92 Å². The molecule has 4 nitrogen and oxygen atoms in total. The van der Waals surface area contributed by atoms with Gasteiger partial charge in [-0.25, -0.2) is 4.98 Å². The van der Waals surface area contributed by atoms with E-state index >= 15 is 0 Å². The van der Waals surface area contributed by atoms with Gasteiger partial charge in [0, 0.05) is 26.4 Å². The minimum absolute atomic E-state index is 0.724. The molecule has 0 aliphatic rings. The van der Waals surface area contributed by atoms with Crippen molar-refractivity contribution in [1.29, 1.82) is 0 Å². The molecule has 21 heavy (non-hydrogen) atoms. The fourth-order valence-corrected chi connectivity index (χ4v) is 2.51. The van der Waals surface area contributed by atoms with Crippen molar-refractivity contribution in [3.8, 4) is 0 Å². The maximum atomic E-state index is 5.13. The van der Waals surface area contributed by atoms with Gasteiger partial charge in [0.2, 0.25) is 5.95 Å². The van der Waals surface area contributed by atoms with Crippen LogP contribution in [0.25, 0.3) is 0 Å². The zero-order valence-electron chi connectivity index (χ0n) is 14.2. The summed E-state index contributed by atoms with van der Waals surface area (Å²) in [6.07, 6.45) is 12.9. The highest BCUT2D eigenvalue weighted by atomic mass is 16.5. The molecule has 0 amide bonds. The van der Waals surface area contributed by atoms with Crippen LogP contribution < -0.4 is 5.32 Å². The van der Waals surface area contributed by atoms with E-state index in [1.165, 1.54) is 51.4 Å².